The standard InChI is InChI=1S/C15H19NO/c1-15(9-12-17-13-10-15)16-11-5-8-14-6-3-2-4-7-14/h2-4,6-7,16H,9-13H2,1H3. The van der Waals surface area contributed by atoms with Crippen LogP contribution in [0.1, 0.15) is 25.3 Å². The molecule has 2 heteroatoms. The number of hydrogen-bond acceptors (Lipinski definition) is 2. The zero-order chi connectivity index (χ0) is 12.0. The fraction of sp³-hybridized carbons (Fsp3) is 0.467. The van der Waals surface area contributed by atoms with Crippen LogP contribution in [0.4, 0.5) is 0 Å². The number of rotatable bonds is 2. The highest BCUT2D eigenvalue weighted by atomic mass is 16.5. The Bertz CT molecular complexity index is 396. The third kappa shape index (κ3) is 3.89. The zero-order valence-electron chi connectivity index (χ0n) is 10.3. The van der Waals surface area contributed by atoms with Gasteiger partial charge >= 0.3 is 0 Å². The van der Waals surface area contributed by atoms with Gasteiger partial charge in [0.15, 0.2) is 0 Å². The minimum atomic E-state index is 0.198. The van der Waals surface area contributed by atoms with E-state index < -0.39 is 0 Å². The first-order valence-corrected chi connectivity index (χ1v) is 6.15. The molecular formula is C15H19NO. The molecule has 1 aromatic rings. The van der Waals surface area contributed by atoms with Crippen LogP contribution in [0, 0.1) is 11.8 Å². The first-order valence-electron chi connectivity index (χ1n) is 6.15. The minimum absolute atomic E-state index is 0.198. The highest BCUT2D eigenvalue weighted by Crippen LogP contribution is 2.18. The largest absolute Gasteiger partial charge is 0.381 e. The summed E-state index contributed by atoms with van der Waals surface area (Å²) in [5, 5.41) is 3.51. The molecule has 1 N–H and O–H groups in total. The topological polar surface area (TPSA) is 21.3 Å². The lowest BCUT2D eigenvalue weighted by atomic mass is 9.92. The van der Waals surface area contributed by atoms with E-state index in [1.54, 1.807) is 0 Å². The summed E-state index contributed by atoms with van der Waals surface area (Å²) in [6.07, 6.45) is 2.14. The number of hydrogen-bond donors (Lipinski definition) is 1. The molecule has 0 aromatic heterocycles. The summed E-state index contributed by atoms with van der Waals surface area (Å²) >= 11 is 0. The van der Waals surface area contributed by atoms with Crippen molar-refractivity contribution in [2.45, 2.75) is 25.3 Å². The molecule has 1 fully saturated rings. The monoisotopic (exact) mass is 229 g/mol. The van der Waals surface area contributed by atoms with Crippen LogP contribution in [0.25, 0.3) is 0 Å². The molecule has 1 heterocycles. The summed E-state index contributed by atoms with van der Waals surface area (Å²) in [5.74, 6) is 6.33. The Hall–Kier alpha value is -1.30. The van der Waals surface area contributed by atoms with Gasteiger partial charge in [-0.25, -0.2) is 0 Å². The molecule has 0 saturated carbocycles. The van der Waals surface area contributed by atoms with E-state index >= 15 is 0 Å². The van der Waals surface area contributed by atoms with Gasteiger partial charge in [0.1, 0.15) is 0 Å². The number of ether oxygens (including phenoxy) is 1. The second-order valence-electron chi connectivity index (χ2n) is 4.69. The van der Waals surface area contributed by atoms with Crippen LogP contribution >= 0.6 is 0 Å². The number of nitrogens with one attached hydrogen (secondary N) is 1. The Morgan fingerprint density at radius 2 is 1.94 bits per heavy atom. The van der Waals surface area contributed by atoms with E-state index in [1.807, 2.05) is 30.3 Å². The average Bonchev–Trinajstić information content (AvgIpc) is 2.37. The summed E-state index contributed by atoms with van der Waals surface area (Å²) in [6.45, 7) is 4.70. The summed E-state index contributed by atoms with van der Waals surface area (Å²) in [7, 11) is 0. The van der Waals surface area contributed by atoms with Gasteiger partial charge in [0.2, 0.25) is 0 Å². The van der Waals surface area contributed by atoms with Crippen molar-refractivity contribution in [2.75, 3.05) is 19.8 Å². The Morgan fingerprint density at radius 1 is 1.24 bits per heavy atom. The maximum atomic E-state index is 5.36. The quantitative estimate of drug-likeness (QED) is 0.785. The SMILES string of the molecule is CC1(NCC#Cc2ccccc2)CCOCC1. The zero-order valence-corrected chi connectivity index (χ0v) is 10.3. The molecule has 0 radical (unpaired) electrons. The maximum Gasteiger partial charge on any atom is 0.0584 e. The fourth-order valence-electron chi connectivity index (χ4n) is 1.92. The predicted octanol–water partition coefficient (Wildman–Crippen LogP) is 2.20. The van der Waals surface area contributed by atoms with E-state index in [4.69, 9.17) is 4.74 Å². The van der Waals surface area contributed by atoms with Crippen LogP contribution in [0.5, 0.6) is 0 Å². The highest BCUT2D eigenvalue weighted by molar-refractivity contribution is 5.33. The maximum absolute atomic E-state index is 5.36. The molecule has 1 aliphatic heterocycles. The highest BCUT2D eigenvalue weighted by Gasteiger charge is 2.25. The minimum Gasteiger partial charge on any atom is -0.381 e. The number of benzene rings is 1. The van der Waals surface area contributed by atoms with Crippen molar-refractivity contribution in [3.63, 3.8) is 0 Å². The molecule has 17 heavy (non-hydrogen) atoms. The van der Waals surface area contributed by atoms with Crippen LogP contribution in [-0.4, -0.2) is 25.3 Å². The summed E-state index contributed by atoms with van der Waals surface area (Å²) < 4.78 is 5.36. The van der Waals surface area contributed by atoms with Gasteiger partial charge in [0, 0.05) is 24.3 Å². The lowest BCUT2D eigenvalue weighted by molar-refractivity contribution is 0.0469. The smallest absolute Gasteiger partial charge is 0.0584 e. The lowest BCUT2D eigenvalue weighted by Crippen LogP contribution is -2.46. The van der Waals surface area contributed by atoms with Gasteiger partial charge < -0.3 is 10.1 Å². The van der Waals surface area contributed by atoms with Crippen molar-refractivity contribution < 1.29 is 4.74 Å². The van der Waals surface area contributed by atoms with Gasteiger partial charge in [-0.2, -0.15) is 0 Å². The molecule has 0 spiro atoms. The van der Waals surface area contributed by atoms with Crippen molar-refractivity contribution >= 4 is 0 Å². The molecule has 1 saturated heterocycles. The third-order valence-corrected chi connectivity index (χ3v) is 3.21. The first-order chi connectivity index (χ1) is 8.29. The van der Waals surface area contributed by atoms with Gasteiger partial charge in [0.25, 0.3) is 0 Å². The Balaban J connectivity index is 1.81. The Morgan fingerprint density at radius 3 is 2.65 bits per heavy atom. The molecular weight excluding hydrogens is 210 g/mol. The fourth-order valence-corrected chi connectivity index (χ4v) is 1.92. The van der Waals surface area contributed by atoms with Crippen molar-refractivity contribution in [1.82, 2.24) is 5.32 Å². The van der Waals surface area contributed by atoms with Crippen LogP contribution in [0.3, 0.4) is 0 Å². The van der Waals surface area contributed by atoms with Crippen LogP contribution in [0.2, 0.25) is 0 Å². The normalized spacial score (nSPS) is 18.2. The van der Waals surface area contributed by atoms with Crippen LogP contribution < -0.4 is 5.32 Å². The molecule has 1 aliphatic rings. The summed E-state index contributed by atoms with van der Waals surface area (Å²) in [5.41, 5.74) is 1.27. The van der Waals surface area contributed by atoms with Gasteiger partial charge in [-0.3, -0.25) is 0 Å². The molecule has 0 bridgehead atoms. The molecule has 2 nitrogen and oxygen atoms in total. The van der Waals surface area contributed by atoms with E-state index in [2.05, 4.69) is 24.1 Å². The molecule has 0 amide bonds. The molecule has 0 unspecified atom stereocenters. The summed E-state index contributed by atoms with van der Waals surface area (Å²) in [6, 6.07) is 10.1. The van der Waals surface area contributed by atoms with Gasteiger partial charge in [-0.1, -0.05) is 30.0 Å². The van der Waals surface area contributed by atoms with Crippen molar-refractivity contribution in [3.05, 3.63) is 35.9 Å². The van der Waals surface area contributed by atoms with E-state index in [0.717, 1.165) is 38.2 Å². The molecule has 0 aliphatic carbocycles. The van der Waals surface area contributed by atoms with E-state index in [9.17, 15) is 0 Å². The van der Waals surface area contributed by atoms with E-state index in [-0.39, 0.29) is 5.54 Å². The van der Waals surface area contributed by atoms with E-state index in [0.29, 0.717) is 0 Å². The third-order valence-electron chi connectivity index (χ3n) is 3.21. The summed E-state index contributed by atoms with van der Waals surface area (Å²) in [4.78, 5) is 0. The van der Waals surface area contributed by atoms with Crippen molar-refractivity contribution in [1.29, 1.82) is 0 Å². The molecule has 90 valence electrons. The first kappa shape index (κ1) is 12.2. The van der Waals surface area contributed by atoms with Gasteiger partial charge in [-0.15, -0.1) is 0 Å². The molecule has 0 atom stereocenters. The van der Waals surface area contributed by atoms with Crippen molar-refractivity contribution in [2.24, 2.45) is 0 Å². The molecule has 1 aromatic carbocycles. The molecule has 2 rings (SSSR count). The average molecular weight is 229 g/mol. The van der Waals surface area contributed by atoms with E-state index in [1.165, 1.54) is 0 Å². The van der Waals surface area contributed by atoms with Crippen LogP contribution in [0.15, 0.2) is 30.3 Å². The van der Waals surface area contributed by atoms with Crippen LogP contribution in [-0.2, 0) is 4.74 Å². The Kier molecular flexibility index (Phi) is 4.19. The Labute approximate surface area is 103 Å². The van der Waals surface area contributed by atoms with Gasteiger partial charge in [0.05, 0.1) is 6.54 Å². The second kappa shape index (κ2) is 5.86. The van der Waals surface area contributed by atoms with Gasteiger partial charge in [-0.05, 0) is 31.9 Å². The van der Waals surface area contributed by atoms with Crippen molar-refractivity contribution in [3.8, 4) is 11.8 Å². The predicted molar refractivity (Wildman–Crippen MR) is 69.8 cm³/mol. The second-order valence-corrected chi connectivity index (χ2v) is 4.69. The lowest BCUT2D eigenvalue weighted by Gasteiger charge is -2.33.